The molecule has 0 spiro atoms. The van der Waals surface area contributed by atoms with Crippen molar-refractivity contribution in [1.82, 2.24) is 0 Å². The van der Waals surface area contributed by atoms with Crippen LogP contribution >= 0.6 is 15.6 Å². The molecule has 0 aliphatic carbocycles. The number of phosphoric ester groups is 1. The largest absolute Gasteiger partial charge is 0.472 e. The molecule has 8 nitrogen and oxygen atoms in total. The van der Waals surface area contributed by atoms with E-state index in [9.17, 15) is 9.46 Å². The zero-order chi connectivity index (χ0) is 16.4. The van der Waals surface area contributed by atoms with Crippen LogP contribution < -0.4 is 0 Å². The Labute approximate surface area is 120 Å². The Bertz CT molecular complexity index is 299. The van der Waals surface area contributed by atoms with Gasteiger partial charge in [-0.25, -0.2) is 9.13 Å². The first-order chi connectivity index (χ1) is 8.83. The Hall–Kier alpha value is 0.220. The number of hydrogen-bond donors (Lipinski definition) is 4. The molecule has 0 saturated carbocycles. The van der Waals surface area contributed by atoms with Crippen molar-refractivity contribution < 1.29 is 37.8 Å². The average molecular weight is 336 g/mol. The quantitative estimate of drug-likeness (QED) is 0.496. The summed E-state index contributed by atoms with van der Waals surface area (Å²) < 4.78 is 29.8. The van der Waals surface area contributed by atoms with Gasteiger partial charge >= 0.3 is 15.6 Å². The van der Waals surface area contributed by atoms with Crippen LogP contribution in [0.1, 0.15) is 40.5 Å². The fourth-order valence-corrected chi connectivity index (χ4v) is 1.59. The maximum absolute atomic E-state index is 11.3. The lowest BCUT2D eigenvalue weighted by Crippen LogP contribution is -2.02. The van der Waals surface area contributed by atoms with Crippen LogP contribution in [0.2, 0.25) is 0 Å². The molecule has 0 heterocycles. The van der Waals surface area contributed by atoms with Gasteiger partial charge in [-0.2, -0.15) is 0 Å². The zero-order valence-corrected chi connectivity index (χ0v) is 14.1. The van der Waals surface area contributed by atoms with E-state index >= 15 is 0 Å². The van der Waals surface area contributed by atoms with Gasteiger partial charge in [0.15, 0.2) is 0 Å². The highest BCUT2D eigenvalue weighted by Crippen LogP contribution is 2.43. The fourth-order valence-electron chi connectivity index (χ4n) is 0.845. The molecule has 0 aromatic carbocycles. The monoisotopic (exact) mass is 336 g/mol. The molecule has 0 aliphatic rings. The first kappa shape index (κ1) is 22.5. The second-order valence-electron chi connectivity index (χ2n) is 5.01. The van der Waals surface area contributed by atoms with E-state index in [-0.39, 0.29) is 13.2 Å². The smallest absolute Gasteiger partial charge is 0.303 e. The van der Waals surface area contributed by atoms with Gasteiger partial charge in [-0.1, -0.05) is 27.7 Å². The molecule has 0 aromatic heterocycles. The van der Waals surface area contributed by atoms with Crippen LogP contribution in [-0.2, 0) is 18.2 Å². The normalized spacial score (nSPS) is 12.5. The van der Waals surface area contributed by atoms with Crippen LogP contribution in [-0.4, -0.2) is 32.8 Å². The van der Waals surface area contributed by atoms with E-state index in [1.807, 2.05) is 27.7 Å². The summed E-state index contributed by atoms with van der Waals surface area (Å²) in [5.41, 5.74) is 0. The van der Waals surface area contributed by atoms with Gasteiger partial charge < -0.3 is 19.6 Å². The van der Waals surface area contributed by atoms with Crippen LogP contribution in [0.5, 0.6) is 0 Å². The maximum atomic E-state index is 11.3. The molecule has 10 heteroatoms. The minimum absolute atomic E-state index is 0.271. The maximum Gasteiger partial charge on any atom is 0.472 e. The summed E-state index contributed by atoms with van der Waals surface area (Å²) in [6, 6.07) is 0. The molecule has 0 bridgehead atoms. The summed E-state index contributed by atoms with van der Waals surface area (Å²) in [7, 11) is -8.44. The summed E-state index contributed by atoms with van der Waals surface area (Å²) in [6.07, 6.45) is 1.52. The Morgan fingerprint density at radius 3 is 1.25 bits per heavy atom. The Balaban J connectivity index is 0. The van der Waals surface area contributed by atoms with Gasteiger partial charge in [0, 0.05) is 0 Å². The van der Waals surface area contributed by atoms with Crippen molar-refractivity contribution in [2.45, 2.75) is 40.5 Å². The lowest BCUT2D eigenvalue weighted by molar-refractivity contribution is 0.139. The van der Waals surface area contributed by atoms with Crippen molar-refractivity contribution in [3.8, 4) is 0 Å². The standard InChI is InChI=1S/C10H23O4P.H3O4P/c1-9(2)5-7-13-15(11,12)14-8-6-10(3)4;1-5(2,3)4/h9-10H,5-8H2,1-4H3,(H,11,12);(H3,1,2,3,4). The van der Waals surface area contributed by atoms with Crippen LogP contribution in [0.15, 0.2) is 0 Å². The fraction of sp³-hybridized carbons (Fsp3) is 1.00. The van der Waals surface area contributed by atoms with Crippen LogP contribution in [0.3, 0.4) is 0 Å². The van der Waals surface area contributed by atoms with E-state index in [4.69, 9.17) is 28.3 Å². The van der Waals surface area contributed by atoms with Crippen molar-refractivity contribution in [3.63, 3.8) is 0 Å². The van der Waals surface area contributed by atoms with Gasteiger partial charge in [-0.3, -0.25) is 9.05 Å². The second kappa shape index (κ2) is 10.9. The van der Waals surface area contributed by atoms with E-state index in [0.717, 1.165) is 12.8 Å². The molecule has 0 aliphatic heterocycles. The highest BCUT2D eigenvalue weighted by Gasteiger charge is 2.20. The summed E-state index contributed by atoms with van der Waals surface area (Å²) in [4.78, 5) is 30.8. The molecule has 0 unspecified atom stereocenters. The van der Waals surface area contributed by atoms with Crippen molar-refractivity contribution >= 4 is 15.6 Å². The van der Waals surface area contributed by atoms with Crippen molar-refractivity contribution in [2.75, 3.05) is 13.2 Å². The van der Waals surface area contributed by atoms with E-state index in [1.54, 1.807) is 0 Å². The minimum Gasteiger partial charge on any atom is -0.303 e. The van der Waals surface area contributed by atoms with Gasteiger partial charge in [0.25, 0.3) is 0 Å². The summed E-state index contributed by atoms with van der Waals surface area (Å²) in [5.74, 6) is 0.918. The van der Waals surface area contributed by atoms with E-state index < -0.39 is 15.6 Å². The van der Waals surface area contributed by atoms with Crippen molar-refractivity contribution in [3.05, 3.63) is 0 Å². The van der Waals surface area contributed by atoms with E-state index in [2.05, 4.69) is 0 Å². The van der Waals surface area contributed by atoms with Gasteiger partial charge in [0.2, 0.25) is 0 Å². The summed E-state index contributed by atoms with van der Waals surface area (Å²) >= 11 is 0. The molecule has 0 fully saturated rings. The first-order valence-corrected chi connectivity index (χ1v) is 9.29. The molecule has 0 amide bonds. The molecular formula is C10H26O8P2. The lowest BCUT2D eigenvalue weighted by atomic mass is 10.2. The predicted octanol–water partition coefficient (Wildman–Crippen LogP) is 2.28. The number of phosphoric acid groups is 2. The highest BCUT2D eigenvalue weighted by atomic mass is 31.2. The number of hydrogen-bond acceptors (Lipinski definition) is 4. The molecule has 0 aromatic rings. The molecule has 0 saturated heterocycles. The van der Waals surface area contributed by atoms with Crippen LogP contribution in [0.4, 0.5) is 0 Å². The third-order valence-corrected chi connectivity index (χ3v) is 2.92. The third-order valence-electron chi connectivity index (χ3n) is 1.90. The Morgan fingerprint density at radius 1 is 0.800 bits per heavy atom. The van der Waals surface area contributed by atoms with E-state index in [1.165, 1.54) is 0 Å². The van der Waals surface area contributed by atoms with Gasteiger partial charge in [0.1, 0.15) is 0 Å². The first-order valence-electron chi connectivity index (χ1n) is 6.23. The summed E-state index contributed by atoms with van der Waals surface area (Å²) in [5, 5.41) is 0. The molecule has 20 heavy (non-hydrogen) atoms. The Morgan fingerprint density at radius 2 is 1.05 bits per heavy atom. The summed E-state index contributed by atoms with van der Waals surface area (Å²) in [6.45, 7) is 8.67. The minimum atomic E-state index is -4.64. The van der Waals surface area contributed by atoms with Gasteiger partial charge in [0.05, 0.1) is 13.2 Å². The third kappa shape index (κ3) is 26.7. The van der Waals surface area contributed by atoms with Gasteiger partial charge in [-0.15, -0.1) is 0 Å². The molecular weight excluding hydrogens is 310 g/mol. The zero-order valence-electron chi connectivity index (χ0n) is 12.3. The average Bonchev–Trinajstić information content (AvgIpc) is 2.12. The molecule has 4 N–H and O–H groups in total. The topological polar surface area (TPSA) is 134 Å². The van der Waals surface area contributed by atoms with Crippen LogP contribution in [0, 0.1) is 11.8 Å². The van der Waals surface area contributed by atoms with Crippen molar-refractivity contribution in [2.24, 2.45) is 11.8 Å². The van der Waals surface area contributed by atoms with Crippen molar-refractivity contribution in [1.29, 1.82) is 0 Å². The Kier molecular flexibility index (Phi) is 12.2. The predicted molar refractivity (Wildman–Crippen MR) is 74.9 cm³/mol. The lowest BCUT2D eigenvalue weighted by Gasteiger charge is -2.13. The number of rotatable bonds is 8. The molecule has 124 valence electrons. The van der Waals surface area contributed by atoms with E-state index in [0.29, 0.717) is 11.8 Å². The molecule has 0 rings (SSSR count). The van der Waals surface area contributed by atoms with Crippen LogP contribution in [0.25, 0.3) is 0 Å². The highest BCUT2D eigenvalue weighted by molar-refractivity contribution is 7.47. The van der Waals surface area contributed by atoms with Gasteiger partial charge in [-0.05, 0) is 24.7 Å². The SMILES string of the molecule is CC(C)CCOP(=O)(O)OCCC(C)C.O=P(O)(O)O. The molecule has 0 atom stereocenters. The second-order valence-corrected chi connectivity index (χ2v) is 7.49. The molecule has 0 radical (unpaired) electrons.